The highest BCUT2D eigenvalue weighted by Crippen LogP contribution is 2.35. The van der Waals surface area contributed by atoms with E-state index in [1.165, 1.54) is 0 Å². The Hall–Kier alpha value is -5.32. The quantitative estimate of drug-likeness (QED) is 0.165. The van der Waals surface area contributed by atoms with Gasteiger partial charge in [0.15, 0.2) is 0 Å². The van der Waals surface area contributed by atoms with Gasteiger partial charge in [-0.15, -0.1) is 0 Å². The average Bonchev–Trinajstić information content (AvgIpc) is 3.28. The van der Waals surface area contributed by atoms with E-state index >= 15 is 0 Å². The van der Waals surface area contributed by atoms with Crippen LogP contribution in [0.4, 0.5) is 0 Å². The van der Waals surface area contributed by atoms with Crippen molar-refractivity contribution in [3.8, 4) is 23.0 Å². The minimum atomic E-state index is -0.483. The third kappa shape index (κ3) is 6.39. The molecule has 0 aromatic heterocycles. The summed E-state index contributed by atoms with van der Waals surface area (Å²) in [5, 5.41) is 18.3. The number of nitrogens with zero attached hydrogens (tertiary/aromatic N) is 2. The lowest BCUT2D eigenvalue weighted by molar-refractivity contribution is -0.116. The smallest absolute Gasteiger partial charge is 0.261 e. The summed E-state index contributed by atoms with van der Waals surface area (Å²) < 4.78 is 12.0. The summed E-state index contributed by atoms with van der Waals surface area (Å²) in [6.45, 7) is 5.24. The normalized spacial score (nSPS) is 12.6. The second kappa shape index (κ2) is 13.4. The Bertz CT molecular complexity index is 1780. The maximum absolute atomic E-state index is 12.6. The van der Waals surface area contributed by atoms with Gasteiger partial charge in [-0.05, 0) is 84.3 Å². The predicted molar refractivity (Wildman–Crippen MR) is 169 cm³/mol. The third-order valence-corrected chi connectivity index (χ3v) is 8.05. The van der Waals surface area contributed by atoms with Crippen molar-refractivity contribution < 1.29 is 38.9 Å². The van der Waals surface area contributed by atoms with Crippen molar-refractivity contribution in [2.45, 2.75) is 26.2 Å². The number of aliphatic hydroxyl groups excluding tert-OH is 2. The van der Waals surface area contributed by atoms with E-state index < -0.39 is 17.7 Å². The lowest BCUT2D eigenvalue weighted by Crippen LogP contribution is -2.32. The molecule has 4 aromatic rings. The van der Waals surface area contributed by atoms with Gasteiger partial charge < -0.3 is 19.7 Å². The fourth-order valence-electron chi connectivity index (χ4n) is 5.36. The van der Waals surface area contributed by atoms with Crippen molar-refractivity contribution in [2.75, 3.05) is 26.3 Å². The van der Waals surface area contributed by atoms with Crippen LogP contribution in [0.5, 0.6) is 23.0 Å². The molecule has 10 nitrogen and oxygen atoms in total. The van der Waals surface area contributed by atoms with Gasteiger partial charge in [0.2, 0.25) is 6.41 Å². The van der Waals surface area contributed by atoms with Crippen molar-refractivity contribution in [3.05, 3.63) is 118 Å². The summed E-state index contributed by atoms with van der Waals surface area (Å²) in [4.78, 5) is 50.8. The van der Waals surface area contributed by atoms with Crippen LogP contribution in [0.3, 0.4) is 0 Å². The van der Waals surface area contributed by atoms with Crippen molar-refractivity contribution in [2.24, 2.45) is 0 Å². The van der Waals surface area contributed by atoms with Crippen LogP contribution in [0.25, 0.3) is 0 Å². The highest BCUT2D eigenvalue weighted by atomic mass is 16.5. The number of benzene rings is 4. The first kappa shape index (κ1) is 32.1. The van der Waals surface area contributed by atoms with Crippen molar-refractivity contribution in [3.63, 3.8) is 0 Å². The number of ether oxygens (including phenoxy) is 2. The lowest BCUT2D eigenvalue weighted by atomic mass is 9.78. The molecule has 4 amide bonds. The zero-order chi connectivity index (χ0) is 33.0. The summed E-state index contributed by atoms with van der Waals surface area (Å²) in [7, 11) is 0. The Kier molecular flexibility index (Phi) is 9.31. The Morgan fingerprint density at radius 3 is 1.80 bits per heavy atom. The van der Waals surface area contributed by atoms with E-state index in [1.807, 2.05) is 48.5 Å². The number of hydrogen-bond acceptors (Lipinski definition) is 8. The average molecular weight is 623 g/mol. The third-order valence-electron chi connectivity index (χ3n) is 8.05. The number of β-amino-alcohol motifs (C(OH)–C–C–N with tert-alkyl or cyclic N) is 1. The molecule has 1 heterocycles. The number of rotatable bonds is 12. The maximum atomic E-state index is 12.6. The van der Waals surface area contributed by atoms with Crippen LogP contribution < -0.4 is 9.47 Å². The van der Waals surface area contributed by atoms with Gasteiger partial charge in [0.25, 0.3) is 17.7 Å². The van der Waals surface area contributed by atoms with Gasteiger partial charge in [0, 0.05) is 11.0 Å². The summed E-state index contributed by atoms with van der Waals surface area (Å²) in [6.07, 6.45) is 0.409. The van der Waals surface area contributed by atoms with Crippen LogP contribution in [0, 0.1) is 6.92 Å². The van der Waals surface area contributed by atoms with Gasteiger partial charge in [-0.3, -0.25) is 29.0 Å². The molecular formula is C36H34N2O8. The number of amides is 4. The summed E-state index contributed by atoms with van der Waals surface area (Å²) in [5.74, 6) is 0.798. The van der Waals surface area contributed by atoms with E-state index in [9.17, 15) is 24.3 Å². The van der Waals surface area contributed by atoms with Gasteiger partial charge in [-0.1, -0.05) is 38.1 Å². The van der Waals surface area contributed by atoms with Gasteiger partial charge >= 0.3 is 0 Å². The zero-order valence-electron chi connectivity index (χ0n) is 25.7. The highest BCUT2D eigenvalue weighted by molar-refractivity contribution is 6.21. The molecule has 0 atom stereocenters. The SMILES string of the molecule is Cc1cc(Oc2ccc(C(C)(C)c3ccc(Oc4ccc5c(c4)C(=O)N(CCO)C5=O)cc3)cc2)ccc1C(=O)N(C=O)CCO. The molecule has 5 rings (SSSR count). The van der Waals surface area contributed by atoms with E-state index in [2.05, 4.69) is 13.8 Å². The molecule has 1 aliphatic heterocycles. The first-order chi connectivity index (χ1) is 22.1. The minimum absolute atomic E-state index is 0.0528. The second-order valence-corrected chi connectivity index (χ2v) is 11.4. The van der Waals surface area contributed by atoms with Crippen LogP contribution >= 0.6 is 0 Å². The van der Waals surface area contributed by atoms with Crippen LogP contribution in [-0.2, 0) is 10.2 Å². The van der Waals surface area contributed by atoms with Gasteiger partial charge in [0.05, 0.1) is 37.4 Å². The van der Waals surface area contributed by atoms with Crippen molar-refractivity contribution in [1.82, 2.24) is 9.80 Å². The molecule has 1 aliphatic rings. The number of fused-ring (bicyclic) bond motifs is 1. The second-order valence-electron chi connectivity index (χ2n) is 11.4. The molecule has 46 heavy (non-hydrogen) atoms. The molecule has 0 spiro atoms. The molecule has 0 saturated carbocycles. The molecule has 4 aromatic carbocycles. The number of carbonyl (C=O) groups is 4. The molecule has 0 fully saturated rings. The van der Waals surface area contributed by atoms with E-state index in [0.29, 0.717) is 46.1 Å². The highest BCUT2D eigenvalue weighted by Gasteiger charge is 2.35. The molecule has 0 saturated heterocycles. The molecular weight excluding hydrogens is 588 g/mol. The molecule has 2 N–H and O–H groups in total. The zero-order valence-corrected chi connectivity index (χ0v) is 25.7. The summed E-state index contributed by atoms with van der Waals surface area (Å²) in [5.41, 5.74) is 3.28. The standard InChI is InChI=1S/C36H34N2O8/c1-23-20-28(12-14-30(23)33(42)37(22-41)16-18-39)45-26-8-4-24(5-9-26)36(2,3)25-6-10-27(11-7-25)46-29-13-15-31-32(21-29)35(44)38(17-19-40)34(31)43/h4-15,20-22,39-40H,16-19H2,1-3H3. The molecule has 0 radical (unpaired) electrons. The maximum Gasteiger partial charge on any atom is 0.261 e. The molecule has 236 valence electrons. The van der Waals surface area contributed by atoms with Crippen molar-refractivity contribution in [1.29, 1.82) is 0 Å². The van der Waals surface area contributed by atoms with Gasteiger partial charge in [-0.25, -0.2) is 0 Å². The van der Waals surface area contributed by atoms with Crippen LogP contribution in [-0.4, -0.2) is 70.4 Å². The fourth-order valence-corrected chi connectivity index (χ4v) is 5.36. The first-order valence-electron chi connectivity index (χ1n) is 14.7. The summed E-state index contributed by atoms with van der Waals surface area (Å²) >= 11 is 0. The first-order valence-corrected chi connectivity index (χ1v) is 14.7. The van der Waals surface area contributed by atoms with Crippen molar-refractivity contribution >= 4 is 24.1 Å². The Labute approximate surface area is 266 Å². The fraction of sp³-hybridized carbons (Fsp3) is 0.222. The number of carbonyl (C=O) groups excluding carboxylic acids is 4. The molecule has 0 unspecified atom stereocenters. The molecule has 10 heteroatoms. The number of imide groups is 2. The van der Waals surface area contributed by atoms with E-state index in [4.69, 9.17) is 14.6 Å². The topological polar surface area (TPSA) is 134 Å². The number of aliphatic hydroxyl groups is 2. The lowest BCUT2D eigenvalue weighted by Gasteiger charge is -2.26. The summed E-state index contributed by atoms with van der Waals surface area (Å²) in [6, 6.07) is 25.1. The number of aryl methyl sites for hydroxylation is 1. The Morgan fingerprint density at radius 1 is 0.761 bits per heavy atom. The van der Waals surface area contributed by atoms with Gasteiger partial charge in [-0.2, -0.15) is 0 Å². The largest absolute Gasteiger partial charge is 0.457 e. The monoisotopic (exact) mass is 622 g/mol. The van der Waals surface area contributed by atoms with E-state index in [1.54, 1.807) is 43.3 Å². The molecule has 0 aliphatic carbocycles. The molecule has 0 bridgehead atoms. The van der Waals surface area contributed by atoms with Crippen LogP contribution in [0.2, 0.25) is 0 Å². The minimum Gasteiger partial charge on any atom is -0.457 e. The van der Waals surface area contributed by atoms with E-state index in [-0.39, 0.29) is 37.3 Å². The van der Waals surface area contributed by atoms with E-state index in [0.717, 1.165) is 20.9 Å². The van der Waals surface area contributed by atoms with Gasteiger partial charge in [0.1, 0.15) is 23.0 Å². The van der Waals surface area contributed by atoms with Crippen LogP contribution in [0.15, 0.2) is 84.9 Å². The Morgan fingerprint density at radius 2 is 1.28 bits per heavy atom. The Balaban J connectivity index is 1.24. The number of hydrogen-bond donors (Lipinski definition) is 2. The van der Waals surface area contributed by atoms with Crippen LogP contribution in [0.1, 0.15) is 61.6 Å². The predicted octanol–water partition coefficient (Wildman–Crippen LogP) is 5.08.